The van der Waals surface area contributed by atoms with E-state index in [0.717, 1.165) is 15.3 Å². The highest BCUT2D eigenvalue weighted by atomic mass is 32.2. The zero-order chi connectivity index (χ0) is 18.8. The van der Waals surface area contributed by atoms with Crippen LogP contribution in [0.15, 0.2) is 32.8 Å². The molecule has 6 nitrogen and oxygen atoms in total. The van der Waals surface area contributed by atoms with Gasteiger partial charge in [0.05, 0.1) is 23.9 Å². The standard InChI is InChI=1S/C18H21N3O3S2/c1-10(2)21-17(23)15-11(3)12(4)26-16(15)20-18(21)25-9-14(22)19-8-13-6-5-7-24-13/h5-7,10H,8-9H2,1-4H3,(H,19,22). The van der Waals surface area contributed by atoms with E-state index in [9.17, 15) is 9.59 Å². The van der Waals surface area contributed by atoms with Crippen molar-refractivity contribution >= 4 is 39.2 Å². The van der Waals surface area contributed by atoms with Gasteiger partial charge in [0.1, 0.15) is 10.6 Å². The number of rotatable bonds is 6. The maximum absolute atomic E-state index is 13.0. The molecule has 0 radical (unpaired) electrons. The second-order valence-electron chi connectivity index (χ2n) is 6.27. The monoisotopic (exact) mass is 391 g/mol. The number of carbonyl (C=O) groups excluding carboxylic acids is 1. The van der Waals surface area contributed by atoms with Crippen LogP contribution in [-0.4, -0.2) is 21.2 Å². The van der Waals surface area contributed by atoms with Gasteiger partial charge in [0.25, 0.3) is 5.56 Å². The molecular formula is C18H21N3O3S2. The lowest BCUT2D eigenvalue weighted by Gasteiger charge is -2.15. The van der Waals surface area contributed by atoms with E-state index in [4.69, 9.17) is 4.42 Å². The fraction of sp³-hybridized carbons (Fsp3) is 0.389. The Morgan fingerprint density at radius 1 is 1.42 bits per heavy atom. The lowest BCUT2D eigenvalue weighted by Crippen LogP contribution is -2.27. The highest BCUT2D eigenvalue weighted by Gasteiger charge is 2.19. The summed E-state index contributed by atoms with van der Waals surface area (Å²) < 4.78 is 6.87. The molecule has 3 aromatic heterocycles. The highest BCUT2D eigenvalue weighted by molar-refractivity contribution is 7.99. The Kier molecular flexibility index (Phi) is 5.52. The normalized spacial score (nSPS) is 11.4. The summed E-state index contributed by atoms with van der Waals surface area (Å²) in [7, 11) is 0. The Morgan fingerprint density at radius 3 is 2.85 bits per heavy atom. The molecule has 138 valence electrons. The molecule has 3 heterocycles. The van der Waals surface area contributed by atoms with E-state index in [2.05, 4.69) is 10.3 Å². The maximum atomic E-state index is 13.0. The molecule has 0 bridgehead atoms. The van der Waals surface area contributed by atoms with Crippen LogP contribution in [0, 0.1) is 13.8 Å². The molecule has 0 aliphatic heterocycles. The SMILES string of the molecule is Cc1sc2nc(SCC(=O)NCc3ccco3)n(C(C)C)c(=O)c2c1C. The first kappa shape index (κ1) is 18.7. The van der Waals surface area contributed by atoms with Gasteiger partial charge < -0.3 is 9.73 Å². The Hall–Kier alpha value is -2.06. The average Bonchev–Trinajstić information content (AvgIpc) is 3.19. The van der Waals surface area contributed by atoms with Gasteiger partial charge in [-0.25, -0.2) is 4.98 Å². The van der Waals surface area contributed by atoms with Crippen LogP contribution < -0.4 is 10.9 Å². The predicted molar refractivity (Wildman–Crippen MR) is 105 cm³/mol. The number of thioether (sulfide) groups is 1. The Balaban J connectivity index is 1.81. The quantitative estimate of drug-likeness (QED) is 0.513. The fourth-order valence-corrected chi connectivity index (χ4v) is 4.65. The number of aromatic nitrogens is 2. The van der Waals surface area contributed by atoms with Crippen molar-refractivity contribution in [2.75, 3.05) is 5.75 Å². The van der Waals surface area contributed by atoms with Gasteiger partial charge >= 0.3 is 0 Å². The third-order valence-electron chi connectivity index (χ3n) is 4.09. The van der Waals surface area contributed by atoms with Crippen molar-refractivity contribution in [2.45, 2.75) is 45.4 Å². The van der Waals surface area contributed by atoms with Crippen LogP contribution in [0.2, 0.25) is 0 Å². The second-order valence-corrected chi connectivity index (χ2v) is 8.42. The zero-order valence-corrected chi connectivity index (χ0v) is 16.8. The van der Waals surface area contributed by atoms with Gasteiger partial charge in [-0.2, -0.15) is 0 Å². The van der Waals surface area contributed by atoms with Crippen molar-refractivity contribution in [2.24, 2.45) is 0 Å². The largest absolute Gasteiger partial charge is 0.467 e. The highest BCUT2D eigenvalue weighted by Crippen LogP contribution is 2.29. The summed E-state index contributed by atoms with van der Waals surface area (Å²) >= 11 is 2.80. The summed E-state index contributed by atoms with van der Waals surface area (Å²) in [5, 5.41) is 4.07. The Morgan fingerprint density at radius 2 is 2.19 bits per heavy atom. The number of nitrogens with zero attached hydrogens (tertiary/aromatic N) is 2. The number of hydrogen-bond acceptors (Lipinski definition) is 6. The molecule has 0 spiro atoms. The first-order valence-electron chi connectivity index (χ1n) is 8.32. The molecule has 3 aromatic rings. The van der Waals surface area contributed by atoms with Gasteiger partial charge in [0.15, 0.2) is 5.16 Å². The van der Waals surface area contributed by atoms with Crippen LogP contribution in [0.1, 0.15) is 36.1 Å². The number of thiophene rings is 1. The molecule has 1 amide bonds. The number of furan rings is 1. The minimum atomic E-state index is -0.130. The molecule has 8 heteroatoms. The first-order chi connectivity index (χ1) is 12.4. The first-order valence-corrected chi connectivity index (χ1v) is 10.1. The second kappa shape index (κ2) is 7.67. The number of aryl methyl sites for hydroxylation is 2. The molecule has 0 saturated heterocycles. The Bertz CT molecular complexity index is 987. The predicted octanol–water partition coefficient (Wildman–Crippen LogP) is 3.66. The van der Waals surface area contributed by atoms with E-state index in [0.29, 0.717) is 22.8 Å². The molecule has 0 fully saturated rings. The van der Waals surface area contributed by atoms with E-state index < -0.39 is 0 Å². The van der Waals surface area contributed by atoms with Crippen LogP contribution in [0.4, 0.5) is 0 Å². The van der Waals surface area contributed by atoms with Crippen molar-refractivity contribution in [3.8, 4) is 0 Å². The van der Waals surface area contributed by atoms with Crippen LogP contribution in [0.25, 0.3) is 10.2 Å². The summed E-state index contributed by atoms with van der Waals surface area (Å²) in [5.41, 5.74) is 0.954. The van der Waals surface area contributed by atoms with E-state index in [1.165, 1.54) is 23.1 Å². The number of nitrogens with one attached hydrogen (secondary N) is 1. The fourth-order valence-electron chi connectivity index (χ4n) is 2.62. The molecule has 0 aliphatic rings. The van der Waals surface area contributed by atoms with Gasteiger partial charge in [-0.05, 0) is 45.4 Å². The third-order valence-corrected chi connectivity index (χ3v) is 6.15. The number of carbonyl (C=O) groups is 1. The molecule has 1 N–H and O–H groups in total. The maximum Gasteiger partial charge on any atom is 0.263 e. The van der Waals surface area contributed by atoms with Crippen molar-refractivity contribution in [1.82, 2.24) is 14.9 Å². The van der Waals surface area contributed by atoms with Crippen LogP contribution in [-0.2, 0) is 11.3 Å². The molecule has 0 aliphatic carbocycles. The molecule has 26 heavy (non-hydrogen) atoms. The van der Waals surface area contributed by atoms with Crippen molar-refractivity contribution in [3.63, 3.8) is 0 Å². The molecule has 0 saturated carbocycles. The van der Waals surface area contributed by atoms with Gasteiger partial charge in [0, 0.05) is 10.9 Å². The third kappa shape index (κ3) is 3.71. The minimum absolute atomic E-state index is 0.0345. The van der Waals surface area contributed by atoms with Gasteiger partial charge in [-0.3, -0.25) is 14.2 Å². The number of amides is 1. The van der Waals surface area contributed by atoms with Crippen molar-refractivity contribution < 1.29 is 9.21 Å². The topological polar surface area (TPSA) is 77.1 Å². The number of fused-ring (bicyclic) bond motifs is 1. The molecule has 0 aromatic carbocycles. The minimum Gasteiger partial charge on any atom is -0.467 e. The van der Waals surface area contributed by atoms with Crippen LogP contribution >= 0.6 is 23.1 Å². The molecule has 0 unspecified atom stereocenters. The van der Waals surface area contributed by atoms with E-state index in [1.807, 2.05) is 27.7 Å². The van der Waals surface area contributed by atoms with E-state index >= 15 is 0 Å². The lowest BCUT2D eigenvalue weighted by atomic mass is 10.2. The van der Waals surface area contributed by atoms with E-state index in [-0.39, 0.29) is 23.3 Å². The van der Waals surface area contributed by atoms with Crippen LogP contribution in [0.3, 0.4) is 0 Å². The summed E-state index contributed by atoms with van der Waals surface area (Å²) in [6.07, 6.45) is 1.57. The molecule has 3 rings (SSSR count). The van der Waals surface area contributed by atoms with Gasteiger partial charge in [-0.1, -0.05) is 11.8 Å². The lowest BCUT2D eigenvalue weighted by molar-refractivity contribution is -0.118. The Labute approximate surface area is 159 Å². The van der Waals surface area contributed by atoms with Gasteiger partial charge in [-0.15, -0.1) is 11.3 Å². The summed E-state index contributed by atoms with van der Waals surface area (Å²) in [5.74, 6) is 0.760. The van der Waals surface area contributed by atoms with E-state index in [1.54, 1.807) is 23.0 Å². The van der Waals surface area contributed by atoms with Crippen LogP contribution in [0.5, 0.6) is 0 Å². The molecular weight excluding hydrogens is 370 g/mol. The molecule has 0 atom stereocenters. The van der Waals surface area contributed by atoms with Crippen molar-refractivity contribution in [1.29, 1.82) is 0 Å². The summed E-state index contributed by atoms with van der Waals surface area (Å²) in [4.78, 5) is 31.6. The number of hydrogen-bond donors (Lipinski definition) is 1. The van der Waals surface area contributed by atoms with Gasteiger partial charge in [0.2, 0.25) is 5.91 Å². The summed E-state index contributed by atoms with van der Waals surface area (Å²) in [6.45, 7) is 8.20. The zero-order valence-electron chi connectivity index (χ0n) is 15.2. The van der Waals surface area contributed by atoms with Crippen molar-refractivity contribution in [3.05, 3.63) is 45.0 Å². The summed E-state index contributed by atoms with van der Waals surface area (Å²) in [6, 6.07) is 3.55. The average molecular weight is 392 g/mol. The smallest absolute Gasteiger partial charge is 0.263 e.